The summed E-state index contributed by atoms with van der Waals surface area (Å²) in [6.07, 6.45) is 0.977. The molecule has 0 unspecified atom stereocenters. The zero-order valence-electron chi connectivity index (χ0n) is 11.6. The fourth-order valence-corrected chi connectivity index (χ4v) is 2.62. The number of fused-ring (bicyclic) bond motifs is 1. The molecule has 1 atom stereocenters. The summed E-state index contributed by atoms with van der Waals surface area (Å²) >= 11 is 0. The third kappa shape index (κ3) is 2.39. The highest BCUT2D eigenvalue weighted by Gasteiger charge is 2.27. The number of hydrogen-bond donors (Lipinski definition) is 1. The molecule has 5 heteroatoms. The number of amides is 1. The molecule has 1 aromatic carbocycles. The van der Waals surface area contributed by atoms with Gasteiger partial charge in [-0.3, -0.25) is 10.1 Å². The van der Waals surface area contributed by atoms with E-state index < -0.39 is 0 Å². The van der Waals surface area contributed by atoms with Crippen molar-refractivity contribution in [1.29, 1.82) is 0 Å². The number of carbonyl (C=O) groups is 1. The summed E-state index contributed by atoms with van der Waals surface area (Å²) in [4.78, 5) is 14.2. The van der Waals surface area contributed by atoms with Gasteiger partial charge in [0.15, 0.2) is 0 Å². The van der Waals surface area contributed by atoms with Crippen molar-refractivity contribution in [2.45, 2.75) is 26.3 Å². The van der Waals surface area contributed by atoms with Crippen molar-refractivity contribution >= 4 is 17.5 Å². The molecule has 0 bridgehead atoms. The monoisotopic (exact) mass is 271 g/mol. The highest BCUT2D eigenvalue weighted by Crippen LogP contribution is 2.31. The number of nitrogens with one attached hydrogen (secondary N) is 1. The zero-order valence-corrected chi connectivity index (χ0v) is 11.6. The Hall–Kier alpha value is -2.30. The summed E-state index contributed by atoms with van der Waals surface area (Å²) < 4.78 is 5.00. The van der Waals surface area contributed by atoms with Gasteiger partial charge < -0.3 is 9.42 Å². The molecule has 1 aliphatic heterocycles. The van der Waals surface area contributed by atoms with E-state index in [1.165, 1.54) is 5.56 Å². The van der Waals surface area contributed by atoms with Crippen molar-refractivity contribution in [3.8, 4) is 0 Å². The topological polar surface area (TPSA) is 58.4 Å². The maximum absolute atomic E-state index is 12.1. The van der Waals surface area contributed by atoms with Crippen molar-refractivity contribution in [2.75, 3.05) is 16.8 Å². The standard InChI is InChI=1S/C15H17N3O2/c1-10-7-15(20-17-10)16-14(19)9-18-11(2)8-12-5-3-4-6-13(12)18/h3-7,11H,8-9H2,1-2H3,(H,16,19)/t11-/m1/s1. The number of hydrogen-bond acceptors (Lipinski definition) is 4. The molecule has 5 nitrogen and oxygen atoms in total. The molecule has 1 N–H and O–H groups in total. The molecule has 2 heterocycles. The van der Waals surface area contributed by atoms with Crippen molar-refractivity contribution in [2.24, 2.45) is 0 Å². The average molecular weight is 271 g/mol. The van der Waals surface area contributed by atoms with Gasteiger partial charge in [-0.25, -0.2) is 0 Å². The number of para-hydroxylation sites is 1. The molecule has 0 saturated heterocycles. The second-order valence-corrected chi connectivity index (χ2v) is 5.19. The third-order valence-corrected chi connectivity index (χ3v) is 3.55. The highest BCUT2D eigenvalue weighted by atomic mass is 16.5. The maximum Gasteiger partial charge on any atom is 0.246 e. The Morgan fingerprint density at radius 2 is 2.30 bits per heavy atom. The van der Waals surface area contributed by atoms with Gasteiger partial charge in [0.2, 0.25) is 11.8 Å². The van der Waals surface area contributed by atoms with E-state index in [2.05, 4.69) is 34.4 Å². The van der Waals surface area contributed by atoms with Gasteiger partial charge in [-0.1, -0.05) is 23.4 Å². The second kappa shape index (κ2) is 5.00. The molecule has 20 heavy (non-hydrogen) atoms. The number of nitrogens with zero attached hydrogens (tertiary/aromatic N) is 2. The molecule has 3 rings (SSSR count). The molecule has 0 fully saturated rings. The first-order valence-electron chi connectivity index (χ1n) is 6.71. The summed E-state index contributed by atoms with van der Waals surface area (Å²) in [7, 11) is 0. The van der Waals surface area contributed by atoms with Crippen LogP contribution in [0.2, 0.25) is 0 Å². The lowest BCUT2D eigenvalue weighted by Crippen LogP contribution is -2.37. The first-order valence-corrected chi connectivity index (χ1v) is 6.71. The fraction of sp³-hybridized carbons (Fsp3) is 0.333. The molecule has 104 valence electrons. The Morgan fingerprint density at radius 3 is 3.05 bits per heavy atom. The van der Waals surface area contributed by atoms with Crippen LogP contribution in [0.1, 0.15) is 18.2 Å². The van der Waals surface area contributed by atoms with E-state index in [4.69, 9.17) is 4.52 Å². The van der Waals surface area contributed by atoms with Gasteiger partial charge in [-0.2, -0.15) is 0 Å². The number of anilines is 2. The smallest absolute Gasteiger partial charge is 0.246 e. The molecule has 0 aliphatic carbocycles. The Balaban J connectivity index is 1.70. The molecule has 1 aromatic heterocycles. The van der Waals surface area contributed by atoms with Crippen LogP contribution in [-0.4, -0.2) is 23.7 Å². The quantitative estimate of drug-likeness (QED) is 0.931. The predicted molar refractivity (Wildman–Crippen MR) is 76.8 cm³/mol. The van der Waals surface area contributed by atoms with E-state index >= 15 is 0 Å². The van der Waals surface area contributed by atoms with Crippen LogP contribution in [-0.2, 0) is 11.2 Å². The lowest BCUT2D eigenvalue weighted by Gasteiger charge is -2.23. The van der Waals surface area contributed by atoms with Crippen LogP contribution >= 0.6 is 0 Å². The highest BCUT2D eigenvalue weighted by molar-refractivity contribution is 5.93. The van der Waals surface area contributed by atoms with Gasteiger partial charge in [-0.15, -0.1) is 0 Å². The van der Waals surface area contributed by atoms with E-state index in [-0.39, 0.29) is 5.91 Å². The Labute approximate surface area is 117 Å². The fourth-order valence-electron chi connectivity index (χ4n) is 2.62. The predicted octanol–water partition coefficient (Wildman–Crippen LogP) is 2.37. The normalized spacial score (nSPS) is 17.1. The number of rotatable bonds is 3. The summed E-state index contributed by atoms with van der Waals surface area (Å²) in [6.45, 7) is 4.27. The van der Waals surface area contributed by atoms with Crippen molar-refractivity contribution in [3.63, 3.8) is 0 Å². The van der Waals surface area contributed by atoms with Gasteiger partial charge >= 0.3 is 0 Å². The third-order valence-electron chi connectivity index (χ3n) is 3.55. The molecular weight excluding hydrogens is 254 g/mol. The number of aromatic nitrogens is 1. The lowest BCUT2D eigenvalue weighted by molar-refractivity contribution is -0.115. The maximum atomic E-state index is 12.1. The lowest BCUT2D eigenvalue weighted by atomic mass is 10.1. The Bertz CT molecular complexity index is 636. The van der Waals surface area contributed by atoms with Gasteiger partial charge in [0, 0.05) is 17.8 Å². The SMILES string of the molecule is Cc1cc(NC(=O)CN2c3ccccc3C[C@H]2C)on1. The van der Waals surface area contributed by atoms with E-state index in [0.29, 0.717) is 18.5 Å². The largest absolute Gasteiger partial charge is 0.359 e. The molecule has 0 saturated carbocycles. The number of carbonyl (C=O) groups excluding carboxylic acids is 1. The van der Waals surface area contributed by atoms with Crippen LogP contribution in [0.3, 0.4) is 0 Å². The van der Waals surface area contributed by atoms with Gasteiger partial charge in [0.25, 0.3) is 0 Å². The van der Waals surface area contributed by atoms with Crippen molar-refractivity contribution in [3.05, 3.63) is 41.6 Å². The minimum absolute atomic E-state index is 0.0929. The van der Waals surface area contributed by atoms with Crippen LogP contribution in [0, 0.1) is 6.92 Å². The summed E-state index contributed by atoms with van der Waals surface area (Å²) in [5.74, 6) is 0.303. The van der Waals surface area contributed by atoms with Crippen LogP contribution in [0.15, 0.2) is 34.9 Å². The number of benzene rings is 1. The molecule has 0 spiro atoms. The Morgan fingerprint density at radius 1 is 1.50 bits per heavy atom. The summed E-state index contributed by atoms with van der Waals surface area (Å²) in [5, 5.41) is 6.48. The van der Waals surface area contributed by atoms with E-state index in [9.17, 15) is 4.79 Å². The molecular formula is C15H17N3O2. The van der Waals surface area contributed by atoms with Crippen LogP contribution in [0.4, 0.5) is 11.6 Å². The minimum Gasteiger partial charge on any atom is -0.359 e. The first kappa shape index (κ1) is 12.7. The van der Waals surface area contributed by atoms with E-state index in [1.807, 2.05) is 19.1 Å². The van der Waals surface area contributed by atoms with Crippen LogP contribution < -0.4 is 10.2 Å². The van der Waals surface area contributed by atoms with Crippen LogP contribution in [0.5, 0.6) is 0 Å². The first-order chi connectivity index (χ1) is 9.63. The van der Waals surface area contributed by atoms with Crippen molar-refractivity contribution in [1.82, 2.24) is 5.16 Å². The summed E-state index contributed by atoms with van der Waals surface area (Å²) in [5.41, 5.74) is 3.19. The van der Waals surface area contributed by atoms with Gasteiger partial charge in [0.1, 0.15) is 0 Å². The van der Waals surface area contributed by atoms with Crippen molar-refractivity contribution < 1.29 is 9.32 Å². The molecule has 1 amide bonds. The van der Waals surface area contributed by atoms with E-state index in [0.717, 1.165) is 17.8 Å². The number of aryl methyl sites for hydroxylation is 1. The second-order valence-electron chi connectivity index (χ2n) is 5.19. The van der Waals surface area contributed by atoms with Gasteiger partial charge in [-0.05, 0) is 31.9 Å². The van der Waals surface area contributed by atoms with Gasteiger partial charge in [0.05, 0.1) is 12.2 Å². The minimum atomic E-state index is -0.0929. The van der Waals surface area contributed by atoms with Crippen LogP contribution in [0.25, 0.3) is 0 Å². The Kier molecular flexibility index (Phi) is 3.18. The molecule has 2 aromatic rings. The summed E-state index contributed by atoms with van der Waals surface area (Å²) in [6, 6.07) is 10.2. The average Bonchev–Trinajstić information content (AvgIpc) is 2.94. The molecule has 0 radical (unpaired) electrons. The molecule has 1 aliphatic rings. The zero-order chi connectivity index (χ0) is 14.1. The van der Waals surface area contributed by atoms with E-state index in [1.54, 1.807) is 6.07 Å².